The molecule has 0 radical (unpaired) electrons. The number of anilines is 1. The zero-order chi connectivity index (χ0) is 17.0. The van der Waals surface area contributed by atoms with Gasteiger partial charge in [0, 0.05) is 10.7 Å². The summed E-state index contributed by atoms with van der Waals surface area (Å²) in [6.07, 6.45) is 0.0356. The van der Waals surface area contributed by atoms with Crippen molar-refractivity contribution in [2.24, 2.45) is 0 Å². The smallest absolute Gasteiger partial charge is 0.265 e. The third-order valence-electron chi connectivity index (χ3n) is 3.79. The highest BCUT2D eigenvalue weighted by Gasteiger charge is 2.20. The van der Waals surface area contributed by atoms with E-state index >= 15 is 0 Å². The Hall–Kier alpha value is -2.00. The van der Waals surface area contributed by atoms with Crippen molar-refractivity contribution >= 4 is 23.2 Å². The number of halogens is 1. The van der Waals surface area contributed by atoms with E-state index in [1.807, 2.05) is 58.0 Å². The van der Waals surface area contributed by atoms with E-state index in [1.165, 1.54) is 5.56 Å². The van der Waals surface area contributed by atoms with Crippen molar-refractivity contribution in [2.75, 3.05) is 5.32 Å². The highest BCUT2D eigenvalue weighted by molar-refractivity contribution is 6.31. The monoisotopic (exact) mass is 331 g/mol. The third kappa shape index (κ3) is 4.26. The van der Waals surface area contributed by atoms with Crippen LogP contribution in [0.2, 0.25) is 5.02 Å². The number of carbonyl (C=O) groups excluding carboxylic acids is 1. The minimum absolute atomic E-state index is 0.169. The summed E-state index contributed by atoms with van der Waals surface area (Å²) >= 11 is 6.09. The van der Waals surface area contributed by atoms with Gasteiger partial charge in [-0.1, -0.05) is 42.3 Å². The molecule has 122 valence electrons. The molecule has 0 fully saturated rings. The van der Waals surface area contributed by atoms with E-state index in [-0.39, 0.29) is 5.91 Å². The third-order valence-corrected chi connectivity index (χ3v) is 4.20. The van der Waals surface area contributed by atoms with Gasteiger partial charge in [0.25, 0.3) is 5.91 Å². The number of benzene rings is 2. The van der Waals surface area contributed by atoms with Crippen molar-refractivity contribution in [1.82, 2.24) is 0 Å². The quantitative estimate of drug-likeness (QED) is 0.831. The maximum Gasteiger partial charge on any atom is 0.265 e. The van der Waals surface area contributed by atoms with Crippen LogP contribution in [0.15, 0.2) is 36.4 Å². The average molecular weight is 332 g/mol. The van der Waals surface area contributed by atoms with Crippen molar-refractivity contribution < 1.29 is 9.53 Å². The summed E-state index contributed by atoms with van der Waals surface area (Å²) in [5.74, 6) is 0.568. The molecular formula is C19H22ClNO2. The first-order chi connectivity index (χ1) is 10.9. The molecular weight excluding hydrogens is 310 g/mol. The summed E-state index contributed by atoms with van der Waals surface area (Å²) in [5, 5.41) is 3.54. The van der Waals surface area contributed by atoms with Gasteiger partial charge in [-0.05, 0) is 56.5 Å². The lowest BCUT2D eigenvalue weighted by atomic mass is 10.1. The number of hydrogen-bond acceptors (Lipinski definition) is 2. The highest BCUT2D eigenvalue weighted by Crippen LogP contribution is 2.24. The molecule has 0 aliphatic carbocycles. The van der Waals surface area contributed by atoms with Gasteiger partial charge in [0.2, 0.25) is 0 Å². The zero-order valence-corrected chi connectivity index (χ0v) is 14.7. The summed E-state index contributed by atoms with van der Waals surface area (Å²) in [7, 11) is 0. The molecule has 2 rings (SSSR count). The van der Waals surface area contributed by atoms with Crippen molar-refractivity contribution in [3.8, 4) is 5.75 Å². The fourth-order valence-corrected chi connectivity index (χ4v) is 2.54. The molecule has 1 amide bonds. The molecule has 1 atom stereocenters. The van der Waals surface area contributed by atoms with Crippen molar-refractivity contribution in [1.29, 1.82) is 0 Å². The minimum atomic E-state index is -0.546. The Morgan fingerprint density at radius 2 is 1.96 bits per heavy atom. The van der Waals surface area contributed by atoms with Gasteiger partial charge in [-0.25, -0.2) is 0 Å². The first kappa shape index (κ1) is 17.4. The Morgan fingerprint density at radius 3 is 2.61 bits per heavy atom. The Kier molecular flexibility index (Phi) is 5.67. The number of nitrogens with one attached hydrogen (secondary N) is 1. The Bertz CT molecular complexity index is 713. The van der Waals surface area contributed by atoms with Crippen LogP contribution in [0.5, 0.6) is 5.75 Å². The highest BCUT2D eigenvalue weighted by atomic mass is 35.5. The average Bonchev–Trinajstić information content (AvgIpc) is 2.51. The first-order valence-electron chi connectivity index (χ1n) is 7.72. The summed E-state index contributed by atoms with van der Waals surface area (Å²) in [5.41, 5.74) is 3.76. The normalized spacial score (nSPS) is 11.9. The van der Waals surface area contributed by atoms with E-state index in [9.17, 15) is 4.79 Å². The van der Waals surface area contributed by atoms with Crippen molar-refractivity contribution in [2.45, 2.75) is 40.2 Å². The molecule has 0 unspecified atom stereocenters. The van der Waals surface area contributed by atoms with E-state index in [1.54, 1.807) is 6.07 Å². The van der Waals surface area contributed by atoms with Crippen LogP contribution in [-0.4, -0.2) is 12.0 Å². The molecule has 1 N–H and O–H groups in total. The number of hydrogen-bond donors (Lipinski definition) is 1. The molecule has 2 aromatic carbocycles. The van der Waals surface area contributed by atoms with Crippen LogP contribution in [0.4, 0.5) is 5.69 Å². The fraction of sp³-hybridized carbons (Fsp3) is 0.316. The van der Waals surface area contributed by atoms with Crippen molar-refractivity contribution in [3.63, 3.8) is 0 Å². The van der Waals surface area contributed by atoms with Crippen molar-refractivity contribution in [3.05, 3.63) is 58.1 Å². The van der Waals surface area contributed by atoms with Crippen LogP contribution in [-0.2, 0) is 4.79 Å². The van der Waals surface area contributed by atoms with Crippen LogP contribution >= 0.6 is 11.6 Å². The van der Waals surface area contributed by atoms with Crippen LogP contribution < -0.4 is 10.1 Å². The van der Waals surface area contributed by atoms with E-state index in [0.717, 1.165) is 16.9 Å². The van der Waals surface area contributed by atoms with Gasteiger partial charge in [-0.3, -0.25) is 4.79 Å². The fourth-order valence-electron chi connectivity index (χ4n) is 2.36. The molecule has 0 spiro atoms. The molecule has 0 bridgehead atoms. The molecule has 23 heavy (non-hydrogen) atoms. The van der Waals surface area contributed by atoms with Crippen LogP contribution in [0, 0.1) is 20.8 Å². The van der Waals surface area contributed by atoms with Gasteiger partial charge in [0.05, 0.1) is 0 Å². The first-order valence-corrected chi connectivity index (χ1v) is 8.10. The molecule has 4 heteroatoms. The maximum atomic E-state index is 12.5. The van der Waals surface area contributed by atoms with E-state index in [4.69, 9.17) is 16.3 Å². The summed E-state index contributed by atoms with van der Waals surface area (Å²) in [4.78, 5) is 12.5. The SMILES string of the molecule is CC[C@H](Oc1ccc(C)cc1C)C(=O)Nc1cccc(Cl)c1C. The largest absolute Gasteiger partial charge is 0.480 e. The number of ether oxygens (including phenoxy) is 1. The number of amides is 1. The molecule has 2 aromatic rings. The van der Waals surface area contributed by atoms with Gasteiger partial charge >= 0.3 is 0 Å². The molecule has 0 saturated carbocycles. The van der Waals surface area contributed by atoms with E-state index in [2.05, 4.69) is 5.32 Å². The summed E-state index contributed by atoms with van der Waals surface area (Å²) in [6.45, 7) is 7.82. The molecule has 0 aliphatic rings. The number of aryl methyl sites for hydroxylation is 2. The lowest BCUT2D eigenvalue weighted by molar-refractivity contribution is -0.122. The Morgan fingerprint density at radius 1 is 1.22 bits per heavy atom. The van der Waals surface area contributed by atoms with Gasteiger partial charge in [0.1, 0.15) is 5.75 Å². The lowest BCUT2D eigenvalue weighted by Crippen LogP contribution is -2.32. The van der Waals surface area contributed by atoms with Gasteiger partial charge in [-0.15, -0.1) is 0 Å². The second kappa shape index (κ2) is 7.51. The molecule has 0 aromatic heterocycles. The van der Waals surface area contributed by atoms with Gasteiger partial charge in [-0.2, -0.15) is 0 Å². The number of carbonyl (C=O) groups is 1. The van der Waals surface area contributed by atoms with Crippen LogP contribution in [0.1, 0.15) is 30.0 Å². The van der Waals surface area contributed by atoms with Crippen LogP contribution in [0.25, 0.3) is 0 Å². The molecule has 3 nitrogen and oxygen atoms in total. The lowest BCUT2D eigenvalue weighted by Gasteiger charge is -2.19. The predicted octanol–water partition coefficient (Wildman–Crippen LogP) is 5.06. The second-order valence-corrected chi connectivity index (χ2v) is 6.09. The summed E-state index contributed by atoms with van der Waals surface area (Å²) < 4.78 is 5.91. The Labute approximate surface area is 142 Å². The maximum absolute atomic E-state index is 12.5. The summed E-state index contributed by atoms with van der Waals surface area (Å²) in [6, 6.07) is 11.4. The van der Waals surface area contributed by atoms with Crippen LogP contribution in [0.3, 0.4) is 0 Å². The number of rotatable bonds is 5. The van der Waals surface area contributed by atoms with E-state index in [0.29, 0.717) is 17.1 Å². The molecule has 0 saturated heterocycles. The standard InChI is InChI=1S/C19H22ClNO2/c1-5-17(23-18-10-9-12(2)11-13(18)3)19(22)21-16-8-6-7-15(20)14(16)4/h6-11,17H,5H2,1-4H3,(H,21,22)/t17-/m0/s1. The van der Waals surface area contributed by atoms with E-state index < -0.39 is 6.10 Å². The predicted molar refractivity (Wildman–Crippen MR) is 95.4 cm³/mol. The Balaban J connectivity index is 2.14. The molecule has 0 heterocycles. The molecule has 0 aliphatic heterocycles. The zero-order valence-electron chi connectivity index (χ0n) is 13.9. The second-order valence-electron chi connectivity index (χ2n) is 5.69. The minimum Gasteiger partial charge on any atom is -0.480 e. The van der Waals surface area contributed by atoms with Gasteiger partial charge < -0.3 is 10.1 Å². The van der Waals surface area contributed by atoms with Gasteiger partial charge in [0.15, 0.2) is 6.10 Å². The topological polar surface area (TPSA) is 38.3 Å².